The average Bonchev–Trinajstić information content (AvgIpc) is 2.62. The van der Waals surface area contributed by atoms with Crippen LogP contribution in [0.1, 0.15) is 12.0 Å². The Kier molecular flexibility index (Phi) is 2.19. The van der Waals surface area contributed by atoms with Gasteiger partial charge in [-0.25, -0.2) is 0 Å². The number of carbonyl (C=O) groups is 2. The number of rotatable bonds is 2. The maximum absolute atomic E-state index is 11.5. The Bertz CT molecular complexity index is 398. The Labute approximate surface area is 86.5 Å². The number of esters is 1. The Hall–Kier alpha value is -1.84. The largest absolute Gasteiger partial charge is 0.480 e. The molecule has 1 fully saturated rings. The molecule has 1 heterocycles. The normalized spacial score (nSPS) is 24.9. The first-order chi connectivity index (χ1) is 7.18. The minimum Gasteiger partial charge on any atom is -0.480 e. The fraction of sp³-hybridized carbons (Fsp3) is 0.273. The summed E-state index contributed by atoms with van der Waals surface area (Å²) in [7, 11) is 0. The fourth-order valence-corrected chi connectivity index (χ4v) is 1.82. The highest BCUT2D eigenvalue weighted by atomic mass is 16.5. The molecule has 4 heteroatoms. The maximum Gasteiger partial charge on any atom is 0.328 e. The van der Waals surface area contributed by atoms with Crippen LogP contribution >= 0.6 is 0 Å². The van der Waals surface area contributed by atoms with Crippen LogP contribution in [0.25, 0.3) is 0 Å². The van der Waals surface area contributed by atoms with E-state index in [0.29, 0.717) is 5.56 Å². The summed E-state index contributed by atoms with van der Waals surface area (Å²) in [4.78, 5) is 22.8. The molecule has 1 N–H and O–H groups in total. The van der Waals surface area contributed by atoms with E-state index in [1.165, 1.54) is 0 Å². The Morgan fingerprint density at radius 2 is 2.00 bits per heavy atom. The molecule has 0 bridgehead atoms. The van der Waals surface area contributed by atoms with Gasteiger partial charge in [0.1, 0.15) is 0 Å². The number of hydrogen-bond acceptors (Lipinski definition) is 3. The van der Waals surface area contributed by atoms with Gasteiger partial charge in [-0.15, -0.1) is 0 Å². The van der Waals surface area contributed by atoms with Crippen molar-refractivity contribution in [1.82, 2.24) is 0 Å². The van der Waals surface area contributed by atoms with E-state index in [9.17, 15) is 14.7 Å². The number of carboxylic acid groups (broad SMARTS) is 1. The third-order valence-electron chi connectivity index (χ3n) is 2.69. The summed E-state index contributed by atoms with van der Waals surface area (Å²) in [6, 6.07) is 8.48. The predicted molar refractivity (Wildman–Crippen MR) is 51.3 cm³/mol. The van der Waals surface area contributed by atoms with E-state index in [0.717, 1.165) is 0 Å². The third-order valence-corrected chi connectivity index (χ3v) is 2.69. The van der Waals surface area contributed by atoms with Crippen LogP contribution in [0.3, 0.4) is 0 Å². The van der Waals surface area contributed by atoms with Crippen molar-refractivity contribution in [2.45, 2.75) is 11.8 Å². The molecule has 0 aromatic heterocycles. The number of carbonyl (C=O) groups excluding carboxylic acids is 1. The highest BCUT2D eigenvalue weighted by Crippen LogP contribution is 2.34. The molecule has 0 spiro atoms. The van der Waals surface area contributed by atoms with Gasteiger partial charge in [-0.05, 0) is 5.56 Å². The molecule has 0 amide bonds. The van der Waals surface area contributed by atoms with Gasteiger partial charge in [0, 0.05) is 6.42 Å². The quantitative estimate of drug-likeness (QED) is 0.578. The van der Waals surface area contributed by atoms with Crippen LogP contribution in [-0.2, 0) is 19.7 Å². The number of cyclic esters (lactones) is 1. The molecule has 1 aromatic carbocycles. The summed E-state index contributed by atoms with van der Waals surface area (Å²) in [6.07, 6.45) is 0.200. The zero-order valence-corrected chi connectivity index (χ0v) is 7.97. The molecule has 4 nitrogen and oxygen atoms in total. The van der Waals surface area contributed by atoms with E-state index >= 15 is 0 Å². The van der Waals surface area contributed by atoms with Crippen molar-refractivity contribution < 1.29 is 19.4 Å². The highest BCUT2D eigenvalue weighted by Gasteiger charge is 2.52. The second-order valence-electron chi connectivity index (χ2n) is 3.46. The number of aliphatic carboxylic acids is 1. The number of carboxylic acids is 1. The van der Waals surface area contributed by atoms with E-state index in [1.807, 2.05) is 0 Å². The molecule has 1 unspecified atom stereocenters. The van der Waals surface area contributed by atoms with Crippen molar-refractivity contribution in [3.8, 4) is 0 Å². The van der Waals surface area contributed by atoms with Crippen molar-refractivity contribution in [2.75, 3.05) is 6.61 Å². The average molecular weight is 206 g/mol. The smallest absolute Gasteiger partial charge is 0.328 e. The predicted octanol–water partition coefficient (Wildman–Crippen LogP) is 0.956. The third kappa shape index (κ3) is 1.29. The van der Waals surface area contributed by atoms with E-state index < -0.39 is 17.4 Å². The van der Waals surface area contributed by atoms with Crippen LogP contribution in [0.5, 0.6) is 0 Å². The fourth-order valence-electron chi connectivity index (χ4n) is 1.82. The Morgan fingerprint density at radius 1 is 1.33 bits per heavy atom. The Balaban J connectivity index is 2.53. The zero-order valence-electron chi connectivity index (χ0n) is 7.97. The molecule has 0 saturated carbocycles. The van der Waals surface area contributed by atoms with E-state index in [-0.39, 0.29) is 13.0 Å². The lowest BCUT2D eigenvalue weighted by molar-refractivity contribution is -0.154. The van der Waals surface area contributed by atoms with Gasteiger partial charge in [0.25, 0.3) is 0 Å². The molecule has 0 radical (unpaired) electrons. The molecule has 1 aromatic rings. The van der Waals surface area contributed by atoms with Gasteiger partial charge in [-0.2, -0.15) is 0 Å². The number of hydrogen-bond donors (Lipinski definition) is 1. The van der Waals surface area contributed by atoms with Crippen LogP contribution in [0.4, 0.5) is 0 Å². The second kappa shape index (κ2) is 3.38. The molecule has 1 atom stereocenters. The molecule has 15 heavy (non-hydrogen) atoms. The number of ether oxygens (including phenoxy) is 1. The zero-order chi connectivity index (χ0) is 10.9. The summed E-state index contributed by atoms with van der Waals surface area (Å²) < 4.78 is 4.76. The maximum atomic E-state index is 11.5. The molecular weight excluding hydrogens is 196 g/mol. The van der Waals surface area contributed by atoms with Gasteiger partial charge in [-0.1, -0.05) is 30.3 Å². The molecule has 2 rings (SSSR count). The summed E-state index contributed by atoms with van der Waals surface area (Å²) in [5, 5.41) is 9.19. The molecular formula is C11H10O4. The van der Waals surface area contributed by atoms with Crippen LogP contribution in [0.15, 0.2) is 30.3 Å². The van der Waals surface area contributed by atoms with Crippen LogP contribution < -0.4 is 0 Å². The standard InChI is InChI=1S/C11H10O4/c12-9(13)11(6-7-15-10(11)14)8-4-2-1-3-5-8/h1-5H,6-7H2,(H,12,13). The SMILES string of the molecule is O=C(O)C1(c2ccccc2)CCOC1=O. The van der Waals surface area contributed by atoms with Gasteiger partial charge in [0.2, 0.25) is 0 Å². The van der Waals surface area contributed by atoms with Crippen molar-refractivity contribution in [3.63, 3.8) is 0 Å². The summed E-state index contributed by atoms with van der Waals surface area (Å²) in [5.74, 6) is -1.81. The second-order valence-corrected chi connectivity index (χ2v) is 3.46. The van der Waals surface area contributed by atoms with E-state index in [4.69, 9.17) is 4.74 Å². The van der Waals surface area contributed by atoms with Crippen molar-refractivity contribution in [1.29, 1.82) is 0 Å². The first-order valence-electron chi connectivity index (χ1n) is 4.64. The van der Waals surface area contributed by atoms with Crippen molar-refractivity contribution in [3.05, 3.63) is 35.9 Å². The first-order valence-corrected chi connectivity index (χ1v) is 4.64. The highest BCUT2D eigenvalue weighted by molar-refractivity contribution is 6.06. The lowest BCUT2D eigenvalue weighted by Crippen LogP contribution is -2.40. The van der Waals surface area contributed by atoms with Crippen LogP contribution in [0, 0.1) is 0 Å². The molecule has 1 saturated heterocycles. The minimum absolute atomic E-state index is 0.167. The topological polar surface area (TPSA) is 63.6 Å². The molecule has 1 aliphatic rings. The van der Waals surface area contributed by atoms with E-state index in [2.05, 4.69) is 0 Å². The molecule has 1 aliphatic heterocycles. The summed E-state index contributed by atoms with van der Waals surface area (Å²) in [5.41, 5.74) is -1.01. The van der Waals surface area contributed by atoms with Gasteiger partial charge >= 0.3 is 11.9 Å². The van der Waals surface area contributed by atoms with E-state index in [1.54, 1.807) is 30.3 Å². The van der Waals surface area contributed by atoms with Gasteiger partial charge in [-0.3, -0.25) is 9.59 Å². The van der Waals surface area contributed by atoms with Crippen molar-refractivity contribution in [2.24, 2.45) is 0 Å². The Morgan fingerprint density at radius 3 is 2.47 bits per heavy atom. The summed E-state index contributed by atoms with van der Waals surface area (Å²) >= 11 is 0. The lowest BCUT2D eigenvalue weighted by atomic mass is 9.79. The van der Waals surface area contributed by atoms with Gasteiger partial charge < -0.3 is 9.84 Å². The van der Waals surface area contributed by atoms with Gasteiger partial charge in [0.15, 0.2) is 5.41 Å². The van der Waals surface area contributed by atoms with Gasteiger partial charge in [0.05, 0.1) is 6.61 Å². The van der Waals surface area contributed by atoms with Crippen molar-refractivity contribution >= 4 is 11.9 Å². The summed E-state index contributed by atoms with van der Waals surface area (Å²) in [6.45, 7) is 0.167. The lowest BCUT2D eigenvalue weighted by Gasteiger charge is -2.19. The van der Waals surface area contributed by atoms with Crippen LogP contribution in [-0.4, -0.2) is 23.7 Å². The molecule has 78 valence electrons. The van der Waals surface area contributed by atoms with Crippen LogP contribution in [0.2, 0.25) is 0 Å². The first kappa shape index (κ1) is 9.71. The number of benzene rings is 1. The monoisotopic (exact) mass is 206 g/mol. The molecule has 0 aliphatic carbocycles. The minimum atomic E-state index is -1.50.